The average molecular weight is 284 g/mol. The summed E-state index contributed by atoms with van der Waals surface area (Å²) in [4.78, 5) is 11.0. The van der Waals surface area contributed by atoms with Crippen LogP contribution in [0, 0.1) is 59.2 Å². The van der Waals surface area contributed by atoms with E-state index in [9.17, 15) is 4.79 Å². The maximum Gasteiger partial charge on any atom is 0.120 e. The highest BCUT2D eigenvalue weighted by Crippen LogP contribution is 2.66. The Labute approximate surface area is 128 Å². The zero-order valence-electron chi connectivity index (χ0n) is 13.2. The topological polar surface area (TPSA) is 17.1 Å². The lowest BCUT2D eigenvalue weighted by molar-refractivity contribution is -0.109. The Balaban J connectivity index is 1.41. The predicted molar refractivity (Wildman–Crippen MR) is 83.5 cm³/mol. The summed E-state index contributed by atoms with van der Waals surface area (Å²) in [7, 11) is 0. The molecule has 5 aliphatic rings. The van der Waals surface area contributed by atoms with E-state index in [0.29, 0.717) is 0 Å². The van der Waals surface area contributed by atoms with Crippen molar-refractivity contribution in [1.82, 2.24) is 0 Å². The molecule has 0 heterocycles. The van der Waals surface area contributed by atoms with Gasteiger partial charge in [0.15, 0.2) is 0 Å². The van der Waals surface area contributed by atoms with Gasteiger partial charge in [0.1, 0.15) is 6.29 Å². The fourth-order valence-corrected chi connectivity index (χ4v) is 7.95. The van der Waals surface area contributed by atoms with Crippen molar-refractivity contribution in [2.24, 2.45) is 59.2 Å². The van der Waals surface area contributed by atoms with Crippen LogP contribution < -0.4 is 0 Å². The molecule has 4 saturated carbocycles. The van der Waals surface area contributed by atoms with E-state index in [1.54, 1.807) is 0 Å². The van der Waals surface area contributed by atoms with E-state index in [1.165, 1.54) is 38.4 Å². The van der Waals surface area contributed by atoms with E-state index in [2.05, 4.69) is 19.1 Å². The molecule has 10 unspecified atom stereocenters. The molecule has 0 aromatic carbocycles. The summed E-state index contributed by atoms with van der Waals surface area (Å²) in [5, 5.41) is 0. The van der Waals surface area contributed by atoms with Crippen molar-refractivity contribution in [3.63, 3.8) is 0 Å². The van der Waals surface area contributed by atoms with Crippen LogP contribution >= 0.6 is 0 Å². The zero-order chi connectivity index (χ0) is 14.1. The van der Waals surface area contributed by atoms with Crippen LogP contribution in [-0.4, -0.2) is 6.29 Å². The molecule has 0 N–H and O–H groups in total. The number of hydrogen-bond acceptors (Lipinski definition) is 1. The fraction of sp³-hybridized carbons (Fsp3) is 0.850. The molecule has 4 fully saturated rings. The zero-order valence-corrected chi connectivity index (χ0v) is 13.2. The van der Waals surface area contributed by atoms with Gasteiger partial charge in [-0.15, -0.1) is 0 Å². The van der Waals surface area contributed by atoms with Crippen LogP contribution in [0.4, 0.5) is 0 Å². The van der Waals surface area contributed by atoms with Crippen LogP contribution in [0.25, 0.3) is 0 Å². The molecule has 10 atom stereocenters. The average Bonchev–Trinajstić information content (AvgIpc) is 3.23. The van der Waals surface area contributed by atoms with Crippen molar-refractivity contribution in [2.45, 2.75) is 45.4 Å². The van der Waals surface area contributed by atoms with Gasteiger partial charge < -0.3 is 4.79 Å². The molecular formula is C20H28O. The Bertz CT molecular complexity index is 480. The van der Waals surface area contributed by atoms with Gasteiger partial charge in [0.2, 0.25) is 0 Å². The summed E-state index contributed by atoms with van der Waals surface area (Å²) in [5.41, 5.74) is 0. The number of rotatable bonds is 3. The normalized spacial score (nSPS) is 59.9. The summed E-state index contributed by atoms with van der Waals surface area (Å²) in [6.45, 7) is 2.53. The number of allylic oxidation sites excluding steroid dienone is 2. The quantitative estimate of drug-likeness (QED) is 0.557. The Morgan fingerprint density at radius 2 is 1.67 bits per heavy atom. The molecule has 1 nitrogen and oxygen atoms in total. The first-order valence-corrected chi connectivity index (χ1v) is 9.38. The van der Waals surface area contributed by atoms with Gasteiger partial charge in [-0.2, -0.15) is 0 Å². The molecule has 5 rings (SSSR count). The molecule has 5 aliphatic carbocycles. The molecule has 0 spiro atoms. The summed E-state index contributed by atoms with van der Waals surface area (Å²) in [5.74, 6) is 9.38. The second-order valence-corrected chi connectivity index (χ2v) is 9.04. The first-order valence-electron chi connectivity index (χ1n) is 9.38. The van der Waals surface area contributed by atoms with Gasteiger partial charge in [0.25, 0.3) is 0 Å². The van der Waals surface area contributed by atoms with E-state index in [1.807, 2.05) is 0 Å². The van der Waals surface area contributed by atoms with Crippen LogP contribution in [0.3, 0.4) is 0 Å². The van der Waals surface area contributed by atoms with Gasteiger partial charge in [-0.1, -0.05) is 19.1 Å². The monoisotopic (exact) mass is 284 g/mol. The van der Waals surface area contributed by atoms with Crippen molar-refractivity contribution < 1.29 is 4.79 Å². The number of carbonyl (C=O) groups excluding carboxylic acids is 1. The van der Waals surface area contributed by atoms with Gasteiger partial charge in [-0.25, -0.2) is 0 Å². The lowest BCUT2D eigenvalue weighted by Gasteiger charge is -2.37. The molecule has 0 aliphatic heterocycles. The third-order valence-corrected chi connectivity index (χ3v) is 8.33. The highest BCUT2D eigenvalue weighted by atomic mass is 16.1. The molecular weight excluding hydrogens is 256 g/mol. The second-order valence-electron chi connectivity index (χ2n) is 9.04. The largest absolute Gasteiger partial charge is 0.303 e. The minimum atomic E-state index is 0.745. The summed E-state index contributed by atoms with van der Waals surface area (Å²) in [6.07, 6.45) is 14.4. The van der Waals surface area contributed by atoms with Gasteiger partial charge in [-0.3, -0.25) is 0 Å². The molecule has 0 amide bonds. The first kappa shape index (κ1) is 12.9. The SMILES string of the molecule is CC1CC(C2CC3CC(CC=O)C2C3)C2C3C=CC(C3)C12. The van der Waals surface area contributed by atoms with E-state index in [4.69, 9.17) is 0 Å². The highest BCUT2D eigenvalue weighted by Gasteiger charge is 2.59. The molecule has 4 bridgehead atoms. The molecule has 21 heavy (non-hydrogen) atoms. The van der Waals surface area contributed by atoms with Crippen LogP contribution in [0.1, 0.15) is 45.4 Å². The molecule has 0 radical (unpaired) electrons. The Hall–Kier alpha value is -0.590. The Morgan fingerprint density at radius 3 is 2.43 bits per heavy atom. The molecule has 0 aromatic heterocycles. The van der Waals surface area contributed by atoms with Gasteiger partial charge in [0.05, 0.1) is 0 Å². The van der Waals surface area contributed by atoms with Gasteiger partial charge in [-0.05, 0) is 91.3 Å². The summed E-state index contributed by atoms with van der Waals surface area (Å²) >= 11 is 0. The minimum Gasteiger partial charge on any atom is -0.303 e. The van der Waals surface area contributed by atoms with Crippen LogP contribution in [0.5, 0.6) is 0 Å². The number of carbonyl (C=O) groups is 1. The van der Waals surface area contributed by atoms with Crippen LogP contribution in [-0.2, 0) is 4.79 Å². The van der Waals surface area contributed by atoms with Crippen molar-refractivity contribution in [2.75, 3.05) is 0 Å². The third-order valence-electron chi connectivity index (χ3n) is 8.33. The summed E-state index contributed by atoms with van der Waals surface area (Å²) in [6, 6.07) is 0. The highest BCUT2D eigenvalue weighted by molar-refractivity contribution is 5.50. The smallest absolute Gasteiger partial charge is 0.120 e. The maximum absolute atomic E-state index is 11.0. The minimum absolute atomic E-state index is 0.745. The predicted octanol–water partition coefficient (Wildman–Crippen LogP) is 4.33. The fourth-order valence-electron chi connectivity index (χ4n) is 7.95. The molecule has 114 valence electrons. The van der Waals surface area contributed by atoms with Crippen LogP contribution in [0.15, 0.2) is 12.2 Å². The number of aldehydes is 1. The Morgan fingerprint density at radius 1 is 0.905 bits per heavy atom. The second kappa shape index (κ2) is 4.46. The standard InChI is InChI=1S/C20H28O/c1-11-6-18(20-15-3-2-14(10-15)19(11)20)17-9-12-7-13(4-5-21)16(17)8-12/h2-3,5,11-20H,4,6-10H2,1H3. The third kappa shape index (κ3) is 1.67. The van der Waals surface area contributed by atoms with E-state index in [-0.39, 0.29) is 0 Å². The van der Waals surface area contributed by atoms with Gasteiger partial charge >= 0.3 is 0 Å². The van der Waals surface area contributed by atoms with Gasteiger partial charge in [0, 0.05) is 6.42 Å². The summed E-state index contributed by atoms with van der Waals surface area (Å²) < 4.78 is 0. The molecule has 0 saturated heterocycles. The maximum atomic E-state index is 11.0. The van der Waals surface area contributed by atoms with Crippen molar-refractivity contribution >= 4 is 6.29 Å². The van der Waals surface area contributed by atoms with Crippen molar-refractivity contribution in [1.29, 1.82) is 0 Å². The number of fused-ring (bicyclic) bond motifs is 7. The first-order chi connectivity index (χ1) is 10.3. The lowest BCUT2D eigenvalue weighted by Crippen LogP contribution is -2.32. The van der Waals surface area contributed by atoms with E-state index < -0.39 is 0 Å². The lowest BCUT2D eigenvalue weighted by atomic mass is 9.67. The molecule has 1 heteroatoms. The van der Waals surface area contributed by atoms with Crippen molar-refractivity contribution in [3.8, 4) is 0 Å². The van der Waals surface area contributed by atoms with E-state index in [0.717, 1.165) is 65.6 Å². The van der Waals surface area contributed by atoms with Crippen molar-refractivity contribution in [3.05, 3.63) is 12.2 Å². The molecule has 0 aromatic rings. The Kier molecular flexibility index (Phi) is 2.74. The number of hydrogen-bond donors (Lipinski definition) is 0. The van der Waals surface area contributed by atoms with Crippen LogP contribution in [0.2, 0.25) is 0 Å². The van der Waals surface area contributed by atoms with E-state index >= 15 is 0 Å².